The Morgan fingerprint density at radius 3 is 1.81 bits per heavy atom. The van der Waals surface area contributed by atoms with Crippen molar-refractivity contribution in [1.82, 2.24) is 35.4 Å². The van der Waals surface area contributed by atoms with Crippen LogP contribution in [0.25, 0.3) is 33.6 Å². The molecule has 422 valence electrons. The number of benzene rings is 2. The molecule has 2 aromatic heterocycles. The number of oxazole rings is 1. The van der Waals surface area contributed by atoms with Crippen molar-refractivity contribution in [2.24, 2.45) is 11.8 Å². The topological polar surface area (TPSA) is 190 Å². The van der Waals surface area contributed by atoms with Gasteiger partial charge in [0.05, 0.1) is 45.2 Å². The number of methoxy groups -OCH3 is 2. The maximum Gasteiger partial charge on any atom is 0.407 e. The highest BCUT2D eigenvalue weighted by atomic mass is 16.5. The van der Waals surface area contributed by atoms with E-state index in [0.29, 0.717) is 63.9 Å². The van der Waals surface area contributed by atoms with Gasteiger partial charge in [-0.3, -0.25) is 14.5 Å². The molecule has 1 aliphatic carbocycles. The highest BCUT2D eigenvalue weighted by molar-refractivity contribution is 5.86. The molecule has 0 radical (unpaired) electrons. The van der Waals surface area contributed by atoms with Gasteiger partial charge >= 0.3 is 6.09 Å². The maximum absolute atomic E-state index is 13.8. The number of H-pyrrole nitrogens is 1. The molecule has 2 unspecified atom stereocenters. The third kappa shape index (κ3) is 24.1. The van der Waals surface area contributed by atoms with Gasteiger partial charge < -0.3 is 48.7 Å². The SMILES string of the molecule is C#C.C#C.C#C.C#C.CC.CC.CCCN(C)Cc1nc(-c2ccc(-c3ccc(-c4cnc(CN(CCC)C(=O)C(NC(=O)OC)C5CCOCC5)[nH]4)cc3)c3c2CCC3)co1.CNC(C=O)C1CCOCC1.COC=O. The second kappa shape index (κ2) is 45.1. The van der Waals surface area contributed by atoms with E-state index in [9.17, 15) is 14.4 Å². The molecule has 2 saturated heterocycles. The van der Waals surface area contributed by atoms with Gasteiger partial charge in [-0.25, -0.2) is 14.8 Å². The van der Waals surface area contributed by atoms with Crippen molar-refractivity contribution in [3.8, 4) is 85.0 Å². The fourth-order valence-corrected chi connectivity index (χ4v) is 8.85. The molecule has 2 atom stereocenters. The summed E-state index contributed by atoms with van der Waals surface area (Å²) < 4.78 is 25.3. The molecule has 7 rings (SSSR count). The minimum absolute atomic E-state index is 0.0180. The van der Waals surface area contributed by atoms with Crippen molar-refractivity contribution in [3.05, 3.63) is 71.7 Å². The second-order valence-electron chi connectivity index (χ2n) is 16.7. The number of likely N-dealkylation sites (N-methyl/N-ethyl adjacent to an activating group) is 1. The first kappa shape index (κ1) is 71.9. The van der Waals surface area contributed by atoms with Gasteiger partial charge in [0, 0.05) is 38.5 Å². The highest BCUT2D eigenvalue weighted by Gasteiger charge is 2.35. The zero-order chi connectivity index (χ0) is 58.6. The van der Waals surface area contributed by atoms with Crippen LogP contribution in [0.1, 0.15) is 109 Å². The van der Waals surface area contributed by atoms with Gasteiger partial charge in [0.1, 0.15) is 30.1 Å². The summed E-state index contributed by atoms with van der Waals surface area (Å²) in [5, 5.41) is 5.80. The van der Waals surface area contributed by atoms with Crippen LogP contribution in [0, 0.1) is 63.2 Å². The van der Waals surface area contributed by atoms with Gasteiger partial charge in [-0.1, -0.05) is 77.9 Å². The Hall–Kier alpha value is -7.18. The van der Waals surface area contributed by atoms with E-state index >= 15 is 0 Å². The average Bonchev–Trinajstić information content (AvgIpc) is 4.31. The molecule has 3 N–H and O–H groups in total. The van der Waals surface area contributed by atoms with E-state index in [0.717, 1.165) is 93.8 Å². The van der Waals surface area contributed by atoms with Crippen molar-refractivity contribution < 1.29 is 42.5 Å². The number of nitrogens with one attached hydrogen (secondary N) is 3. The van der Waals surface area contributed by atoms with Crippen molar-refractivity contribution in [2.45, 2.75) is 125 Å². The van der Waals surface area contributed by atoms with Gasteiger partial charge in [0.2, 0.25) is 11.8 Å². The molecule has 2 aliphatic heterocycles. The lowest BCUT2D eigenvalue weighted by Crippen LogP contribution is -2.53. The first-order valence-corrected chi connectivity index (χ1v) is 26.3. The molecular formula is C61H89N7O9. The molecule has 2 aromatic carbocycles. The van der Waals surface area contributed by atoms with Crippen LogP contribution in [0.15, 0.2) is 53.3 Å². The fraction of sp³-hybridized carbons (Fsp3) is 0.508. The van der Waals surface area contributed by atoms with Crippen LogP contribution in [-0.4, -0.2) is 129 Å². The average molecular weight is 1060 g/mol. The minimum Gasteiger partial charge on any atom is -0.471 e. The van der Waals surface area contributed by atoms with Crippen molar-refractivity contribution in [1.29, 1.82) is 0 Å². The van der Waals surface area contributed by atoms with E-state index in [1.54, 1.807) is 11.2 Å². The van der Waals surface area contributed by atoms with E-state index in [1.165, 1.54) is 42.0 Å². The smallest absolute Gasteiger partial charge is 0.407 e. The minimum atomic E-state index is -0.679. The van der Waals surface area contributed by atoms with Crippen LogP contribution in [0.3, 0.4) is 0 Å². The molecule has 16 nitrogen and oxygen atoms in total. The maximum atomic E-state index is 13.8. The monoisotopic (exact) mass is 1060 g/mol. The number of fused-ring (bicyclic) bond motifs is 1. The molecule has 4 aromatic rings. The number of nitrogens with zero attached hydrogens (tertiary/aromatic N) is 4. The first-order valence-electron chi connectivity index (χ1n) is 26.3. The van der Waals surface area contributed by atoms with Gasteiger partial charge in [0.15, 0.2) is 0 Å². The third-order valence-corrected chi connectivity index (χ3v) is 12.2. The summed E-state index contributed by atoms with van der Waals surface area (Å²) in [7, 11) is 6.55. The molecule has 2 amide bonds. The Morgan fingerprint density at radius 1 is 0.779 bits per heavy atom. The number of amides is 2. The molecule has 77 heavy (non-hydrogen) atoms. The van der Waals surface area contributed by atoms with Crippen LogP contribution in [0.2, 0.25) is 0 Å². The third-order valence-electron chi connectivity index (χ3n) is 12.2. The van der Waals surface area contributed by atoms with E-state index in [1.807, 2.05) is 47.9 Å². The molecule has 2 fully saturated rings. The summed E-state index contributed by atoms with van der Waals surface area (Å²) in [4.78, 5) is 62.5. The van der Waals surface area contributed by atoms with E-state index in [4.69, 9.17) is 28.4 Å². The number of rotatable bonds is 18. The number of alkyl carbamates (subject to hydrolysis) is 1. The van der Waals surface area contributed by atoms with Crippen molar-refractivity contribution in [2.75, 3.05) is 67.8 Å². The predicted molar refractivity (Wildman–Crippen MR) is 310 cm³/mol. The molecule has 0 spiro atoms. The highest BCUT2D eigenvalue weighted by Crippen LogP contribution is 2.39. The summed E-state index contributed by atoms with van der Waals surface area (Å²) in [6.07, 6.45) is 44.5. The van der Waals surface area contributed by atoms with Crippen LogP contribution in [0.5, 0.6) is 0 Å². The summed E-state index contributed by atoms with van der Waals surface area (Å²) in [5.74, 6) is 1.77. The lowest BCUT2D eigenvalue weighted by molar-refractivity contribution is -0.136. The molecular weight excluding hydrogens is 975 g/mol. The number of hydrogen-bond donors (Lipinski definition) is 3. The number of carbonyl (C=O) groups is 4. The molecule has 4 heterocycles. The Bertz CT molecular complexity index is 2250. The van der Waals surface area contributed by atoms with Crippen LogP contribution >= 0.6 is 0 Å². The summed E-state index contributed by atoms with van der Waals surface area (Å²) in [6, 6.07) is 12.4. The lowest BCUT2D eigenvalue weighted by atomic mass is 9.90. The van der Waals surface area contributed by atoms with Crippen LogP contribution in [-0.2, 0) is 59.3 Å². The molecule has 16 heteroatoms. The lowest BCUT2D eigenvalue weighted by Gasteiger charge is -2.33. The standard InChI is InChI=1S/C39H50N6O5.C8H15NO2.C2H4O2.2C2H6.4C2H2/c1-5-18-44(3)24-36-42-34(25-50-36)32-15-14-29(30-8-7-9-31(30)32)26-10-12-27(13-11-26)33-22-40-35(41-33)23-45(19-6-2)38(46)37(43-39(47)48-4)28-16-20-49-21-17-28;1-9-8(6-10)7-2-4-11-5-3-7;1-4-2-3;6*1-2/h10-15,22,25,28,37H,5-9,16-21,23-24H2,1-4H3,(H,40,41)(H,43,47);6-9H,2-5H2,1H3;2H,1H3;2*1-2H3;4*1-2H. The molecule has 0 saturated carbocycles. The number of aromatic amines is 1. The van der Waals surface area contributed by atoms with Gasteiger partial charge in [0.25, 0.3) is 6.47 Å². The Kier molecular flexibility index (Phi) is 42.1. The normalized spacial score (nSPS) is 13.7. The number of hydrogen-bond acceptors (Lipinski definition) is 13. The Labute approximate surface area is 461 Å². The number of aromatic nitrogens is 3. The van der Waals surface area contributed by atoms with E-state index in [2.05, 4.69) is 132 Å². The Morgan fingerprint density at radius 2 is 1.30 bits per heavy atom. The molecule has 3 aliphatic rings. The van der Waals surface area contributed by atoms with Crippen LogP contribution < -0.4 is 10.6 Å². The number of imidazole rings is 1. The largest absolute Gasteiger partial charge is 0.471 e. The summed E-state index contributed by atoms with van der Waals surface area (Å²) >= 11 is 0. The van der Waals surface area contributed by atoms with Gasteiger partial charge in [-0.05, 0) is 118 Å². The van der Waals surface area contributed by atoms with E-state index in [-0.39, 0.29) is 17.9 Å². The fourth-order valence-electron chi connectivity index (χ4n) is 8.85. The summed E-state index contributed by atoms with van der Waals surface area (Å²) in [5.41, 5.74) is 9.20. The summed E-state index contributed by atoms with van der Waals surface area (Å²) in [6.45, 7) is 17.9. The quantitative estimate of drug-likeness (QED) is 0.0631. The zero-order valence-corrected chi connectivity index (χ0v) is 47.7. The second-order valence-corrected chi connectivity index (χ2v) is 16.7. The van der Waals surface area contributed by atoms with Crippen molar-refractivity contribution >= 4 is 24.8 Å². The number of aldehydes is 1. The first-order chi connectivity index (χ1) is 37.7. The Balaban J connectivity index is 0. The number of terminal acetylenes is 4. The van der Waals surface area contributed by atoms with Crippen molar-refractivity contribution in [3.63, 3.8) is 0 Å². The molecule has 0 bridgehead atoms. The number of carbonyl (C=O) groups excluding carboxylic acids is 4. The van der Waals surface area contributed by atoms with Gasteiger partial charge in [-0.2, -0.15) is 0 Å². The van der Waals surface area contributed by atoms with Gasteiger partial charge in [-0.15, -0.1) is 51.4 Å². The van der Waals surface area contributed by atoms with Crippen LogP contribution in [0.4, 0.5) is 4.79 Å². The number of ether oxygens (including phenoxy) is 4. The predicted octanol–water partition coefficient (Wildman–Crippen LogP) is 9.66. The van der Waals surface area contributed by atoms with E-state index < -0.39 is 12.1 Å². The zero-order valence-electron chi connectivity index (χ0n) is 47.7.